The Kier molecular flexibility index (Phi) is 5.90. The van der Waals surface area contributed by atoms with E-state index in [1.807, 2.05) is 13.8 Å². The van der Waals surface area contributed by atoms with Crippen molar-refractivity contribution in [3.63, 3.8) is 0 Å². The summed E-state index contributed by atoms with van der Waals surface area (Å²) in [6.45, 7) is 4.52. The van der Waals surface area contributed by atoms with Gasteiger partial charge >= 0.3 is 0 Å². The Morgan fingerprint density at radius 3 is 2.50 bits per heavy atom. The molecule has 2 atom stereocenters. The molecule has 0 bridgehead atoms. The van der Waals surface area contributed by atoms with Gasteiger partial charge in [0.2, 0.25) is 0 Å². The number of rotatable bonds is 5. The van der Waals surface area contributed by atoms with Crippen molar-refractivity contribution in [1.29, 1.82) is 0 Å². The van der Waals surface area contributed by atoms with Gasteiger partial charge in [-0.05, 0) is 26.0 Å². The molecule has 8 heteroatoms. The quantitative estimate of drug-likeness (QED) is 0.862. The van der Waals surface area contributed by atoms with Crippen molar-refractivity contribution in [2.24, 2.45) is 5.73 Å². The first kappa shape index (κ1) is 18.4. The van der Waals surface area contributed by atoms with Gasteiger partial charge in [-0.25, -0.2) is 0 Å². The normalized spacial score (nSPS) is 20.6. The Morgan fingerprint density at radius 2 is 1.96 bits per heavy atom. The number of primary amides is 1. The van der Waals surface area contributed by atoms with E-state index in [1.54, 1.807) is 4.90 Å². The molecule has 1 aromatic rings. The molecule has 0 aromatic heterocycles. The third kappa shape index (κ3) is 4.30. The molecule has 1 saturated heterocycles. The SMILES string of the molecule is COc1cc(C(=O)N2C[C@H](C)O[C@@H](C)C2)cc(Cl)c1OCC(N)=O. The van der Waals surface area contributed by atoms with Crippen LogP contribution in [0.4, 0.5) is 0 Å². The second-order valence-corrected chi connectivity index (χ2v) is 6.12. The molecule has 0 radical (unpaired) electrons. The van der Waals surface area contributed by atoms with Crippen molar-refractivity contribution in [3.05, 3.63) is 22.7 Å². The lowest BCUT2D eigenvalue weighted by Crippen LogP contribution is -2.48. The first-order chi connectivity index (χ1) is 11.3. The minimum Gasteiger partial charge on any atom is -0.493 e. The second-order valence-electron chi connectivity index (χ2n) is 5.71. The van der Waals surface area contributed by atoms with E-state index in [-0.39, 0.29) is 41.2 Å². The Bertz CT molecular complexity index is 627. The summed E-state index contributed by atoms with van der Waals surface area (Å²) in [4.78, 5) is 25.3. The van der Waals surface area contributed by atoms with Crippen LogP contribution in [0.15, 0.2) is 12.1 Å². The molecule has 2 N–H and O–H groups in total. The molecule has 1 heterocycles. The van der Waals surface area contributed by atoms with Gasteiger partial charge in [-0.15, -0.1) is 0 Å². The predicted octanol–water partition coefficient (Wildman–Crippen LogP) is 1.46. The second kappa shape index (κ2) is 7.72. The number of morpholine rings is 1. The Labute approximate surface area is 145 Å². The van der Waals surface area contributed by atoms with Crippen LogP contribution in [0.3, 0.4) is 0 Å². The molecule has 0 saturated carbocycles. The van der Waals surface area contributed by atoms with E-state index in [0.717, 1.165) is 0 Å². The number of ether oxygens (including phenoxy) is 3. The standard InChI is InChI=1S/C16H21ClN2O5/c1-9-6-19(7-10(2)24-9)16(21)11-4-12(17)15(13(5-11)22-3)23-8-14(18)20/h4-5,9-10H,6-8H2,1-3H3,(H2,18,20)/t9-,10-/m0/s1. The van der Waals surface area contributed by atoms with E-state index < -0.39 is 5.91 Å². The molecular formula is C16H21ClN2O5. The van der Waals surface area contributed by atoms with Gasteiger partial charge in [0.15, 0.2) is 18.1 Å². The van der Waals surface area contributed by atoms with Crippen LogP contribution >= 0.6 is 11.6 Å². The van der Waals surface area contributed by atoms with E-state index in [2.05, 4.69) is 0 Å². The van der Waals surface area contributed by atoms with Crippen LogP contribution in [0.25, 0.3) is 0 Å². The number of methoxy groups -OCH3 is 1. The number of carbonyl (C=O) groups excluding carboxylic acids is 2. The van der Waals surface area contributed by atoms with Gasteiger partial charge in [-0.3, -0.25) is 9.59 Å². The molecule has 1 fully saturated rings. The molecule has 24 heavy (non-hydrogen) atoms. The van der Waals surface area contributed by atoms with Gasteiger partial charge in [0.1, 0.15) is 0 Å². The van der Waals surface area contributed by atoms with Crippen LogP contribution in [-0.4, -0.2) is 55.7 Å². The van der Waals surface area contributed by atoms with E-state index in [0.29, 0.717) is 18.7 Å². The lowest BCUT2D eigenvalue weighted by Gasteiger charge is -2.35. The molecule has 1 aliphatic heterocycles. The average molecular weight is 357 g/mol. The highest BCUT2D eigenvalue weighted by atomic mass is 35.5. The maximum atomic E-state index is 12.7. The first-order valence-electron chi connectivity index (χ1n) is 7.55. The summed E-state index contributed by atoms with van der Waals surface area (Å²) in [6.07, 6.45) is -0.0681. The van der Waals surface area contributed by atoms with E-state index in [9.17, 15) is 9.59 Å². The van der Waals surface area contributed by atoms with Crippen LogP contribution in [-0.2, 0) is 9.53 Å². The van der Waals surface area contributed by atoms with Gasteiger partial charge in [-0.2, -0.15) is 0 Å². The summed E-state index contributed by atoms with van der Waals surface area (Å²) in [5.74, 6) is -0.358. The Morgan fingerprint density at radius 1 is 1.33 bits per heavy atom. The van der Waals surface area contributed by atoms with Crippen molar-refractivity contribution in [3.8, 4) is 11.5 Å². The molecule has 0 unspecified atom stereocenters. The number of benzene rings is 1. The van der Waals surface area contributed by atoms with Crippen LogP contribution in [0.1, 0.15) is 24.2 Å². The number of nitrogens with two attached hydrogens (primary N) is 1. The van der Waals surface area contributed by atoms with E-state index in [1.165, 1.54) is 19.2 Å². The molecule has 2 rings (SSSR count). The first-order valence-corrected chi connectivity index (χ1v) is 7.93. The molecule has 1 aliphatic rings. The maximum absolute atomic E-state index is 12.7. The minimum atomic E-state index is -0.635. The number of carbonyl (C=O) groups is 2. The van der Waals surface area contributed by atoms with Gasteiger partial charge in [0, 0.05) is 18.7 Å². The smallest absolute Gasteiger partial charge is 0.255 e. The predicted molar refractivity (Wildman–Crippen MR) is 88.6 cm³/mol. The van der Waals surface area contributed by atoms with Crippen LogP contribution in [0, 0.1) is 0 Å². The summed E-state index contributed by atoms with van der Waals surface area (Å²) in [5.41, 5.74) is 5.44. The van der Waals surface area contributed by atoms with E-state index in [4.69, 9.17) is 31.5 Å². The van der Waals surface area contributed by atoms with Gasteiger partial charge < -0.3 is 24.8 Å². The molecule has 132 valence electrons. The molecule has 0 spiro atoms. The molecule has 2 amide bonds. The zero-order chi connectivity index (χ0) is 17.9. The largest absolute Gasteiger partial charge is 0.493 e. The summed E-state index contributed by atoms with van der Waals surface area (Å²) in [5, 5.41) is 0.174. The van der Waals surface area contributed by atoms with Crippen molar-refractivity contribution in [1.82, 2.24) is 4.90 Å². The van der Waals surface area contributed by atoms with Gasteiger partial charge in [-0.1, -0.05) is 11.6 Å². The molecule has 0 aliphatic carbocycles. The zero-order valence-corrected chi connectivity index (χ0v) is 14.6. The van der Waals surface area contributed by atoms with Crippen LogP contribution in [0.5, 0.6) is 11.5 Å². The number of hydrogen-bond acceptors (Lipinski definition) is 5. The van der Waals surface area contributed by atoms with Crippen LogP contribution < -0.4 is 15.2 Å². The summed E-state index contributed by atoms with van der Waals surface area (Å²) >= 11 is 6.18. The molecule has 7 nitrogen and oxygen atoms in total. The minimum absolute atomic E-state index is 0.0340. The number of halogens is 1. The highest BCUT2D eigenvalue weighted by Crippen LogP contribution is 2.36. The number of nitrogens with zero attached hydrogens (tertiary/aromatic N) is 1. The fourth-order valence-electron chi connectivity index (χ4n) is 2.65. The summed E-state index contributed by atoms with van der Waals surface area (Å²) in [6, 6.07) is 3.03. The zero-order valence-electron chi connectivity index (χ0n) is 13.9. The number of hydrogen-bond donors (Lipinski definition) is 1. The fraction of sp³-hybridized carbons (Fsp3) is 0.500. The Hall–Kier alpha value is -1.99. The van der Waals surface area contributed by atoms with Crippen molar-refractivity contribution >= 4 is 23.4 Å². The van der Waals surface area contributed by atoms with Gasteiger partial charge in [0.25, 0.3) is 11.8 Å². The highest BCUT2D eigenvalue weighted by molar-refractivity contribution is 6.32. The van der Waals surface area contributed by atoms with Gasteiger partial charge in [0.05, 0.1) is 24.3 Å². The monoisotopic (exact) mass is 356 g/mol. The third-order valence-electron chi connectivity index (χ3n) is 3.54. The topological polar surface area (TPSA) is 91.1 Å². The van der Waals surface area contributed by atoms with Crippen LogP contribution in [0.2, 0.25) is 5.02 Å². The lowest BCUT2D eigenvalue weighted by atomic mass is 10.1. The molecule has 1 aromatic carbocycles. The van der Waals surface area contributed by atoms with Crippen molar-refractivity contribution in [2.45, 2.75) is 26.1 Å². The average Bonchev–Trinajstić information content (AvgIpc) is 2.51. The fourth-order valence-corrected chi connectivity index (χ4v) is 2.92. The summed E-state index contributed by atoms with van der Waals surface area (Å²) < 4.78 is 16.1. The highest BCUT2D eigenvalue weighted by Gasteiger charge is 2.28. The third-order valence-corrected chi connectivity index (χ3v) is 3.82. The maximum Gasteiger partial charge on any atom is 0.255 e. The molecular weight excluding hydrogens is 336 g/mol. The Balaban J connectivity index is 2.25. The van der Waals surface area contributed by atoms with Crippen molar-refractivity contribution in [2.75, 3.05) is 26.8 Å². The number of amides is 2. The van der Waals surface area contributed by atoms with Crippen molar-refractivity contribution < 1.29 is 23.8 Å². The van der Waals surface area contributed by atoms with E-state index >= 15 is 0 Å². The lowest BCUT2D eigenvalue weighted by molar-refractivity contribution is -0.119. The summed E-state index contributed by atoms with van der Waals surface area (Å²) in [7, 11) is 1.43.